The summed E-state index contributed by atoms with van der Waals surface area (Å²) in [4.78, 5) is 33.5. The van der Waals surface area contributed by atoms with Gasteiger partial charge in [0.05, 0.1) is 11.8 Å². The molecule has 0 spiro atoms. The number of thiophene rings is 1. The van der Waals surface area contributed by atoms with E-state index in [2.05, 4.69) is 22.2 Å². The Morgan fingerprint density at radius 3 is 2.82 bits per heavy atom. The van der Waals surface area contributed by atoms with Crippen LogP contribution in [0.3, 0.4) is 0 Å². The number of thioether (sulfide) groups is 1. The molecule has 6 nitrogen and oxygen atoms in total. The summed E-state index contributed by atoms with van der Waals surface area (Å²) in [5.74, 6) is -0.663. The first-order valence-electron chi connectivity index (χ1n) is 8.98. The third-order valence-electron chi connectivity index (χ3n) is 4.03. The van der Waals surface area contributed by atoms with E-state index in [0.29, 0.717) is 0 Å². The Hall–Kier alpha value is -2.45. The number of fused-ring (bicyclic) bond motifs is 1. The summed E-state index contributed by atoms with van der Waals surface area (Å²) in [6, 6.07) is 11.6. The fourth-order valence-electron chi connectivity index (χ4n) is 2.73. The lowest BCUT2D eigenvalue weighted by molar-refractivity contribution is -0.146. The first kappa shape index (κ1) is 20.3. The van der Waals surface area contributed by atoms with Crippen molar-refractivity contribution < 1.29 is 14.3 Å². The second-order valence-corrected chi connectivity index (χ2v) is 7.95. The lowest BCUT2D eigenvalue weighted by Crippen LogP contribution is -2.32. The minimum Gasteiger partial charge on any atom is -0.455 e. The molecule has 0 aliphatic carbocycles. The fraction of sp³-hybridized carbons (Fsp3) is 0.300. The highest BCUT2D eigenvalue weighted by Crippen LogP contribution is 2.27. The zero-order valence-electron chi connectivity index (χ0n) is 15.5. The quantitative estimate of drug-likeness (QED) is 0.323. The van der Waals surface area contributed by atoms with Gasteiger partial charge in [0.1, 0.15) is 16.2 Å². The predicted octanol–water partition coefficient (Wildman–Crippen LogP) is 3.98. The molecule has 0 saturated carbocycles. The minimum absolute atomic E-state index is 0.0836. The summed E-state index contributed by atoms with van der Waals surface area (Å²) >= 11 is 2.81. The van der Waals surface area contributed by atoms with Crippen molar-refractivity contribution in [1.82, 2.24) is 15.3 Å². The number of amides is 1. The molecule has 2 heterocycles. The van der Waals surface area contributed by atoms with Gasteiger partial charge in [-0.05, 0) is 23.4 Å². The fourth-order valence-corrected chi connectivity index (χ4v) is 4.31. The molecule has 0 fully saturated rings. The molecule has 1 aromatic carbocycles. The molecular weight excluding hydrogens is 394 g/mol. The molecule has 0 aliphatic rings. The van der Waals surface area contributed by atoms with Crippen LogP contribution in [0.25, 0.3) is 10.2 Å². The van der Waals surface area contributed by atoms with Crippen LogP contribution in [-0.4, -0.2) is 34.2 Å². The van der Waals surface area contributed by atoms with Gasteiger partial charge in [0.25, 0.3) is 5.91 Å². The summed E-state index contributed by atoms with van der Waals surface area (Å²) in [6.45, 7) is 1.78. The van der Waals surface area contributed by atoms with E-state index in [4.69, 9.17) is 4.74 Å². The maximum Gasteiger partial charge on any atom is 0.316 e. The summed E-state index contributed by atoms with van der Waals surface area (Å²) in [5, 5.41) is 6.54. The number of aromatic nitrogens is 2. The van der Waals surface area contributed by atoms with Crippen LogP contribution in [-0.2, 0) is 14.3 Å². The van der Waals surface area contributed by atoms with Gasteiger partial charge in [0.15, 0.2) is 6.61 Å². The summed E-state index contributed by atoms with van der Waals surface area (Å²) in [6.07, 6.45) is 3.24. The third-order valence-corrected chi connectivity index (χ3v) is 5.83. The van der Waals surface area contributed by atoms with Gasteiger partial charge in [-0.1, -0.05) is 55.4 Å². The van der Waals surface area contributed by atoms with Gasteiger partial charge in [-0.25, -0.2) is 9.97 Å². The highest BCUT2D eigenvalue weighted by Gasteiger charge is 2.15. The molecule has 3 aromatic rings. The van der Waals surface area contributed by atoms with Gasteiger partial charge in [0.2, 0.25) is 0 Å². The van der Waals surface area contributed by atoms with E-state index < -0.39 is 5.97 Å². The number of nitrogens with zero attached hydrogens (tertiary/aromatic N) is 2. The first-order valence-corrected chi connectivity index (χ1v) is 10.8. The van der Waals surface area contributed by atoms with Gasteiger partial charge < -0.3 is 10.1 Å². The smallest absolute Gasteiger partial charge is 0.316 e. The van der Waals surface area contributed by atoms with Gasteiger partial charge in [-0.15, -0.1) is 11.3 Å². The average molecular weight is 416 g/mol. The lowest BCUT2D eigenvalue weighted by atomic mass is 10.0. The number of carbonyl (C=O) groups excluding carboxylic acids is 2. The van der Waals surface area contributed by atoms with Crippen molar-refractivity contribution in [3.05, 3.63) is 53.7 Å². The summed E-state index contributed by atoms with van der Waals surface area (Å²) < 4.78 is 5.12. The number of carbonyl (C=O) groups is 2. The zero-order chi connectivity index (χ0) is 19.8. The third kappa shape index (κ3) is 5.53. The summed E-state index contributed by atoms with van der Waals surface area (Å²) in [7, 11) is 0. The predicted molar refractivity (Wildman–Crippen MR) is 111 cm³/mol. The van der Waals surface area contributed by atoms with Crippen LogP contribution in [0, 0.1) is 0 Å². The number of hydrogen-bond acceptors (Lipinski definition) is 7. The van der Waals surface area contributed by atoms with Crippen molar-refractivity contribution in [2.75, 3.05) is 12.4 Å². The van der Waals surface area contributed by atoms with Crippen molar-refractivity contribution in [1.29, 1.82) is 0 Å². The maximum atomic E-state index is 12.2. The Labute approximate surface area is 171 Å². The number of rotatable bonds is 9. The van der Waals surface area contributed by atoms with E-state index in [1.54, 1.807) is 0 Å². The number of benzene rings is 1. The number of hydrogen-bond donors (Lipinski definition) is 1. The van der Waals surface area contributed by atoms with E-state index in [1.165, 1.54) is 29.4 Å². The number of nitrogens with one attached hydrogen (secondary N) is 1. The molecule has 2 aromatic heterocycles. The zero-order valence-corrected chi connectivity index (χ0v) is 17.1. The number of esters is 1. The Morgan fingerprint density at radius 2 is 2.04 bits per heavy atom. The van der Waals surface area contributed by atoms with Crippen LogP contribution < -0.4 is 5.32 Å². The highest BCUT2D eigenvalue weighted by atomic mass is 32.2. The molecule has 0 unspecified atom stereocenters. The van der Waals surface area contributed by atoms with Gasteiger partial charge >= 0.3 is 5.97 Å². The standard InChI is InChI=1S/C20H21N3O3S2/c1-2-6-16(14-7-4-3-5-8-14)23-17(24)11-26-18(25)12-28-20-15-9-10-27-19(15)21-13-22-20/h3-5,7-10,13,16H,2,6,11-12H2,1H3,(H,23,24)/t16-/m0/s1. The largest absolute Gasteiger partial charge is 0.455 e. The van der Waals surface area contributed by atoms with Crippen molar-refractivity contribution in [3.63, 3.8) is 0 Å². The van der Waals surface area contributed by atoms with E-state index >= 15 is 0 Å². The second-order valence-electron chi connectivity index (χ2n) is 6.09. The van der Waals surface area contributed by atoms with Gasteiger partial charge in [-0.2, -0.15) is 0 Å². The second kappa shape index (κ2) is 10.2. The van der Waals surface area contributed by atoms with E-state index in [9.17, 15) is 9.59 Å². The lowest BCUT2D eigenvalue weighted by Gasteiger charge is -2.18. The molecule has 0 bridgehead atoms. The first-order chi connectivity index (χ1) is 13.7. The van der Waals surface area contributed by atoms with Crippen molar-refractivity contribution >= 4 is 45.2 Å². The van der Waals surface area contributed by atoms with Crippen molar-refractivity contribution in [2.45, 2.75) is 30.8 Å². The molecule has 28 heavy (non-hydrogen) atoms. The Morgan fingerprint density at radius 1 is 1.21 bits per heavy atom. The molecular formula is C20H21N3O3S2. The molecule has 3 rings (SSSR count). The SMILES string of the molecule is CCC[C@H](NC(=O)COC(=O)CSc1ncnc2sccc12)c1ccccc1. The van der Waals surface area contributed by atoms with Crippen LogP contribution in [0.5, 0.6) is 0 Å². The molecule has 0 radical (unpaired) electrons. The molecule has 146 valence electrons. The van der Waals surface area contributed by atoms with Crippen LogP contribution in [0.2, 0.25) is 0 Å². The topological polar surface area (TPSA) is 81.2 Å². The van der Waals surface area contributed by atoms with E-state index in [-0.39, 0.29) is 24.3 Å². The Bertz CT molecular complexity index is 931. The molecule has 1 N–H and O–H groups in total. The minimum atomic E-state index is -0.450. The van der Waals surface area contributed by atoms with Gasteiger partial charge in [0, 0.05) is 5.39 Å². The molecule has 1 atom stereocenters. The highest BCUT2D eigenvalue weighted by molar-refractivity contribution is 8.00. The Kier molecular flexibility index (Phi) is 7.39. The van der Waals surface area contributed by atoms with Crippen LogP contribution >= 0.6 is 23.1 Å². The van der Waals surface area contributed by atoms with Crippen LogP contribution in [0.15, 0.2) is 53.1 Å². The van der Waals surface area contributed by atoms with E-state index in [0.717, 1.165) is 33.6 Å². The van der Waals surface area contributed by atoms with Crippen molar-refractivity contribution in [3.8, 4) is 0 Å². The number of ether oxygens (including phenoxy) is 1. The average Bonchev–Trinajstić information content (AvgIpc) is 3.20. The maximum absolute atomic E-state index is 12.2. The normalized spacial score (nSPS) is 11.9. The van der Waals surface area contributed by atoms with E-state index in [1.807, 2.05) is 41.8 Å². The summed E-state index contributed by atoms with van der Waals surface area (Å²) in [5.41, 5.74) is 1.04. The molecule has 1 amide bonds. The molecule has 0 aliphatic heterocycles. The molecule has 8 heteroatoms. The Balaban J connectivity index is 1.47. The molecule has 0 saturated heterocycles. The van der Waals surface area contributed by atoms with Crippen LogP contribution in [0.1, 0.15) is 31.4 Å². The van der Waals surface area contributed by atoms with Gasteiger partial charge in [-0.3, -0.25) is 9.59 Å². The van der Waals surface area contributed by atoms with Crippen LogP contribution in [0.4, 0.5) is 0 Å². The van der Waals surface area contributed by atoms with Crippen molar-refractivity contribution in [2.24, 2.45) is 0 Å². The monoisotopic (exact) mass is 415 g/mol.